The molecule has 116 valence electrons. The van der Waals surface area contributed by atoms with Gasteiger partial charge in [0.05, 0.1) is 10.4 Å². The summed E-state index contributed by atoms with van der Waals surface area (Å²) < 4.78 is 13.2. The van der Waals surface area contributed by atoms with Crippen LogP contribution in [0.15, 0.2) is 36.4 Å². The standard InChI is InChI=1S/C15H11FN4O3/c1-8-3-2-4-12(20(22)23)13(8)15(21)17-14-10-6-5-9(16)7-11(10)18-19-14/h2-7H,1H3,(H2,17,18,19,21). The number of aromatic nitrogens is 2. The lowest BCUT2D eigenvalue weighted by Crippen LogP contribution is -2.16. The van der Waals surface area contributed by atoms with E-state index >= 15 is 0 Å². The van der Waals surface area contributed by atoms with Gasteiger partial charge in [0.2, 0.25) is 0 Å². The first-order valence-corrected chi connectivity index (χ1v) is 6.66. The predicted molar refractivity (Wildman–Crippen MR) is 81.8 cm³/mol. The molecule has 0 bridgehead atoms. The minimum atomic E-state index is -0.646. The Morgan fingerprint density at radius 3 is 2.87 bits per heavy atom. The van der Waals surface area contributed by atoms with Crippen LogP contribution in [0, 0.1) is 22.9 Å². The SMILES string of the molecule is Cc1cccc([N+](=O)[O-])c1C(=O)Nc1n[nH]c2cc(F)ccc12. The number of hydrogen-bond donors (Lipinski definition) is 2. The lowest BCUT2D eigenvalue weighted by Gasteiger charge is -2.06. The highest BCUT2D eigenvalue weighted by molar-refractivity contribution is 6.10. The second kappa shape index (κ2) is 5.48. The summed E-state index contributed by atoms with van der Waals surface area (Å²) in [5, 5.41) is 20.6. The molecule has 8 heteroatoms. The fourth-order valence-corrected chi connectivity index (χ4v) is 2.36. The maximum atomic E-state index is 13.2. The van der Waals surface area contributed by atoms with Crippen LogP contribution in [0.2, 0.25) is 0 Å². The van der Waals surface area contributed by atoms with Gasteiger partial charge in [-0.05, 0) is 30.7 Å². The van der Waals surface area contributed by atoms with E-state index in [9.17, 15) is 19.3 Å². The van der Waals surface area contributed by atoms with Crippen LogP contribution in [0.25, 0.3) is 10.9 Å². The van der Waals surface area contributed by atoms with Crippen molar-refractivity contribution in [3.05, 3.63) is 63.5 Å². The number of nitrogens with zero attached hydrogens (tertiary/aromatic N) is 2. The zero-order valence-corrected chi connectivity index (χ0v) is 12.0. The number of aryl methyl sites for hydroxylation is 1. The third-order valence-corrected chi connectivity index (χ3v) is 3.43. The van der Waals surface area contributed by atoms with Crippen molar-refractivity contribution in [1.82, 2.24) is 10.2 Å². The van der Waals surface area contributed by atoms with Crippen LogP contribution in [0.3, 0.4) is 0 Å². The number of carbonyl (C=O) groups excluding carboxylic acids is 1. The summed E-state index contributed by atoms with van der Waals surface area (Å²) >= 11 is 0. The Morgan fingerprint density at radius 2 is 2.13 bits per heavy atom. The van der Waals surface area contributed by atoms with Crippen molar-refractivity contribution in [1.29, 1.82) is 0 Å². The Labute approximate surface area is 129 Å². The average molecular weight is 314 g/mol. The molecule has 0 atom stereocenters. The van der Waals surface area contributed by atoms with Crippen LogP contribution in [0.1, 0.15) is 15.9 Å². The highest BCUT2D eigenvalue weighted by atomic mass is 19.1. The first kappa shape index (κ1) is 14.6. The molecule has 0 saturated heterocycles. The number of carbonyl (C=O) groups is 1. The fourth-order valence-electron chi connectivity index (χ4n) is 2.36. The van der Waals surface area contributed by atoms with E-state index in [4.69, 9.17) is 0 Å². The second-order valence-electron chi connectivity index (χ2n) is 4.94. The largest absolute Gasteiger partial charge is 0.304 e. The highest BCUT2D eigenvalue weighted by Crippen LogP contribution is 2.25. The molecule has 3 rings (SSSR count). The van der Waals surface area contributed by atoms with Crippen molar-refractivity contribution >= 4 is 28.3 Å². The normalized spacial score (nSPS) is 10.7. The van der Waals surface area contributed by atoms with Gasteiger partial charge in [-0.25, -0.2) is 4.39 Å². The third kappa shape index (κ3) is 2.61. The number of nitrogens with one attached hydrogen (secondary N) is 2. The number of nitro benzene ring substituents is 1. The third-order valence-electron chi connectivity index (χ3n) is 3.43. The van der Waals surface area contributed by atoms with E-state index in [0.717, 1.165) is 0 Å². The predicted octanol–water partition coefficient (Wildman–Crippen LogP) is 3.17. The quantitative estimate of drug-likeness (QED) is 0.572. The molecule has 2 N–H and O–H groups in total. The molecule has 2 aromatic carbocycles. The number of hydrogen-bond acceptors (Lipinski definition) is 4. The van der Waals surface area contributed by atoms with E-state index in [1.807, 2.05) is 0 Å². The van der Waals surface area contributed by atoms with Gasteiger partial charge < -0.3 is 5.32 Å². The monoisotopic (exact) mass is 314 g/mol. The lowest BCUT2D eigenvalue weighted by atomic mass is 10.1. The van der Waals surface area contributed by atoms with Crippen molar-refractivity contribution in [2.24, 2.45) is 0 Å². The summed E-state index contributed by atoms with van der Waals surface area (Å²) in [5.74, 6) is -0.899. The summed E-state index contributed by atoms with van der Waals surface area (Å²) in [7, 11) is 0. The Bertz CT molecular complexity index is 936. The van der Waals surface area contributed by atoms with Gasteiger partial charge in [-0.1, -0.05) is 12.1 Å². The van der Waals surface area contributed by atoms with E-state index in [2.05, 4.69) is 15.5 Å². The van der Waals surface area contributed by atoms with E-state index in [1.165, 1.54) is 30.3 Å². The first-order chi connectivity index (χ1) is 11.0. The van der Waals surface area contributed by atoms with Gasteiger partial charge >= 0.3 is 0 Å². The van der Waals surface area contributed by atoms with Gasteiger partial charge in [-0.2, -0.15) is 5.10 Å². The summed E-state index contributed by atoms with van der Waals surface area (Å²) in [6.07, 6.45) is 0. The maximum Gasteiger partial charge on any atom is 0.282 e. The number of anilines is 1. The van der Waals surface area contributed by atoms with Crippen LogP contribution in [0.5, 0.6) is 0 Å². The van der Waals surface area contributed by atoms with Crippen LogP contribution < -0.4 is 5.32 Å². The van der Waals surface area contributed by atoms with E-state index in [0.29, 0.717) is 16.5 Å². The molecule has 0 aliphatic heterocycles. The molecule has 7 nitrogen and oxygen atoms in total. The Hall–Kier alpha value is -3.29. The molecule has 0 aliphatic rings. The topological polar surface area (TPSA) is 101 Å². The van der Waals surface area contributed by atoms with E-state index in [1.54, 1.807) is 13.0 Å². The summed E-state index contributed by atoms with van der Waals surface area (Å²) in [6, 6.07) is 8.34. The van der Waals surface area contributed by atoms with E-state index in [-0.39, 0.29) is 17.1 Å². The van der Waals surface area contributed by atoms with Gasteiger partial charge in [-0.15, -0.1) is 0 Å². The molecule has 23 heavy (non-hydrogen) atoms. The summed E-state index contributed by atoms with van der Waals surface area (Å²) in [4.78, 5) is 22.9. The van der Waals surface area contributed by atoms with Crippen molar-refractivity contribution < 1.29 is 14.1 Å². The Balaban J connectivity index is 2.00. The maximum absolute atomic E-state index is 13.2. The molecule has 0 fully saturated rings. The molecule has 0 aliphatic carbocycles. The van der Waals surface area contributed by atoms with Crippen molar-refractivity contribution in [3.8, 4) is 0 Å². The second-order valence-corrected chi connectivity index (χ2v) is 4.94. The average Bonchev–Trinajstić information content (AvgIpc) is 2.88. The molecule has 0 saturated carbocycles. The molecule has 1 amide bonds. The highest BCUT2D eigenvalue weighted by Gasteiger charge is 2.23. The number of aromatic amines is 1. The summed E-state index contributed by atoms with van der Waals surface area (Å²) in [6.45, 7) is 1.61. The minimum Gasteiger partial charge on any atom is -0.304 e. The number of fused-ring (bicyclic) bond motifs is 1. The fraction of sp³-hybridized carbons (Fsp3) is 0.0667. The number of benzene rings is 2. The number of H-pyrrole nitrogens is 1. The Morgan fingerprint density at radius 1 is 1.35 bits per heavy atom. The molecule has 1 heterocycles. The van der Waals surface area contributed by atoms with Crippen molar-refractivity contribution in [2.75, 3.05) is 5.32 Å². The van der Waals surface area contributed by atoms with Crippen molar-refractivity contribution in [2.45, 2.75) is 6.92 Å². The van der Waals surface area contributed by atoms with Crippen molar-refractivity contribution in [3.63, 3.8) is 0 Å². The molecular weight excluding hydrogens is 303 g/mol. The number of amides is 1. The number of halogens is 1. The molecule has 0 unspecified atom stereocenters. The molecule has 0 radical (unpaired) electrons. The molecular formula is C15H11FN4O3. The van der Waals surface area contributed by atoms with Crippen LogP contribution >= 0.6 is 0 Å². The van der Waals surface area contributed by atoms with Crippen LogP contribution in [-0.4, -0.2) is 21.0 Å². The number of rotatable bonds is 3. The van der Waals surface area contributed by atoms with Gasteiger partial charge in [-0.3, -0.25) is 20.0 Å². The van der Waals surface area contributed by atoms with Gasteiger partial charge in [0.15, 0.2) is 5.82 Å². The number of nitro groups is 1. The van der Waals surface area contributed by atoms with Gasteiger partial charge in [0.1, 0.15) is 11.4 Å². The van der Waals surface area contributed by atoms with E-state index < -0.39 is 16.6 Å². The summed E-state index contributed by atoms with van der Waals surface area (Å²) in [5.41, 5.74) is 0.575. The molecule has 1 aromatic heterocycles. The lowest BCUT2D eigenvalue weighted by molar-refractivity contribution is -0.385. The van der Waals surface area contributed by atoms with Crippen LogP contribution in [-0.2, 0) is 0 Å². The van der Waals surface area contributed by atoms with Gasteiger partial charge in [0, 0.05) is 11.5 Å². The first-order valence-electron chi connectivity index (χ1n) is 6.66. The molecule has 3 aromatic rings. The van der Waals surface area contributed by atoms with Crippen LogP contribution in [0.4, 0.5) is 15.9 Å². The molecule has 0 spiro atoms. The smallest absolute Gasteiger partial charge is 0.282 e. The minimum absolute atomic E-state index is 0.0317. The van der Waals surface area contributed by atoms with Gasteiger partial charge in [0.25, 0.3) is 11.6 Å². The zero-order valence-electron chi connectivity index (χ0n) is 12.0. The Kier molecular flexibility index (Phi) is 3.49. The zero-order chi connectivity index (χ0) is 16.6.